The van der Waals surface area contributed by atoms with Crippen LogP contribution in [0.3, 0.4) is 0 Å². The van der Waals surface area contributed by atoms with Crippen LogP contribution in [0.4, 0.5) is 0 Å². The van der Waals surface area contributed by atoms with Gasteiger partial charge in [-0.25, -0.2) is 14.4 Å². The maximum absolute atomic E-state index is 12.5. The van der Waals surface area contributed by atoms with Crippen molar-refractivity contribution >= 4 is 17.9 Å². The molecule has 0 aromatic heterocycles. The normalized spacial score (nSPS) is 10.2. The van der Waals surface area contributed by atoms with Gasteiger partial charge in [0.15, 0.2) is 0 Å². The molecule has 0 unspecified atom stereocenters. The predicted molar refractivity (Wildman–Crippen MR) is 125 cm³/mol. The zero-order chi connectivity index (χ0) is 24.5. The zero-order valence-electron chi connectivity index (χ0n) is 18.9. The van der Waals surface area contributed by atoms with E-state index in [1.165, 1.54) is 42.0 Å². The molecule has 0 fully saturated rings. The second-order valence-corrected chi connectivity index (χ2v) is 7.21. The van der Waals surface area contributed by atoms with Gasteiger partial charge < -0.3 is 18.9 Å². The van der Waals surface area contributed by atoms with Crippen molar-refractivity contribution in [1.29, 1.82) is 0 Å². The van der Waals surface area contributed by atoms with Crippen molar-refractivity contribution in [2.45, 2.75) is 20.3 Å². The summed E-state index contributed by atoms with van der Waals surface area (Å²) in [6.07, 6.45) is 1.93. The van der Waals surface area contributed by atoms with E-state index >= 15 is 0 Å². The number of esters is 3. The van der Waals surface area contributed by atoms with Gasteiger partial charge in [-0.15, -0.1) is 0 Å². The number of benzene rings is 3. The Kier molecular flexibility index (Phi) is 8.18. The first kappa shape index (κ1) is 24.3. The van der Waals surface area contributed by atoms with Crippen LogP contribution in [-0.2, 0) is 16.0 Å². The van der Waals surface area contributed by atoms with Crippen LogP contribution < -0.4 is 14.2 Å². The van der Waals surface area contributed by atoms with E-state index in [1.807, 2.05) is 19.1 Å². The van der Waals surface area contributed by atoms with Gasteiger partial charge in [0.2, 0.25) is 6.79 Å². The first-order valence-electron chi connectivity index (χ1n) is 10.6. The van der Waals surface area contributed by atoms with Gasteiger partial charge in [-0.1, -0.05) is 25.6 Å². The van der Waals surface area contributed by atoms with E-state index in [1.54, 1.807) is 18.2 Å². The van der Waals surface area contributed by atoms with Gasteiger partial charge in [-0.05, 0) is 79.1 Å². The third kappa shape index (κ3) is 6.56. The third-order valence-electron chi connectivity index (χ3n) is 4.83. The van der Waals surface area contributed by atoms with Crippen LogP contribution in [-0.4, -0.2) is 24.7 Å². The maximum atomic E-state index is 12.5. The minimum atomic E-state index is -0.597. The molecule has 0 amide bonds. The van der Waals surface area contributed by atoms with Crippen LogP contribution in [0.15, 0.2) is 79.4 Å². The van der Waals surface area contributed by atoms with E-state index in [4.69, 9.17) is 18.9 Å². The number of hydrogen-bond donors (Lipinski definition) is 0. The van der Waals surface area contributed by atoms with Crippen molar-refractivity contribution < 1.29 is 33.3 Å². The lowest BCUT2D eigenvalue weighted by atomic mass is 10.1. The SMILES string of the molecule is C=CC(=O)OCOc1ccc(C(=O)Oc2ccc(C(=O)Oc3ccc(CC)cc3C)cc2)cc1. The molecule has 0 aliphatic carbocycles. The van der Waals surface area contributed by atoms with Crippen molar-refractivity contribution in [1.82, 2.24) is 0 Å². The van der Waals surface area contributed by atoms with Crippen LogP contribution in [0.2, 0.25) is 0 Å². The highest BCUT2D eigenvalue weighted by Gasteiger charge is 2.13. The number of rotatable bonds is 9. The van der Waals surface area contributed by atoms with E-state index in [0.29, 0.717) is 22.6 Å². The molecule has 3 rings (SSSR count). The number of ether oxygens (including phenoxy) is 4. The second kappa shape index (κ2) is 11.5. The first-order chi connectivity index (χ1) is 16.4. The Bertz CT molecular complexity index is 1180. The molecule has 3 aromatic rings. The van der Waals surface area contributed by atoms with Crippen molar-refractivity contribution in [3.63, 3.8) is 0 Å². The average Bonchev–Trinajstić information content (AvgIpc) is 2.85. The van der Waals surface area contributed by atoms with Gasteiger partial charge >= 0.3 is 17.9 Å². The Morgan fingerprint density at radius 1 is 0.824 bits per heavy atom. The van der Waals surface area contributed by atoms with Gasteiger partial charge in [-0.3, -0.25) is 0 Å². The summed E-state index contributed by atoms with van der Waals surface area (Å²) in [5, 5.41) is 0. The molecule has 7 nitrogen and oxygen atoms in total. The summed E-state index contributed by atoms with van der Waals surface area (Å²) in [6, 6.07) is 17.9. The van der Waals surface area contributed by atoms with E-state index in [-0.39, 0.29) is 12.5 Å². The molecule has 0 atom stereocenters. The highest BCUT2D eigenvalue weighted by molar-refractivity contribution is 5.92. The lowest BCUT2D eigenvalue weighted by molar-refractivity contribution is -0.144. The maximum Gasteiger partial charge on any atom is 0.343 e. The Balaban J connectivity index is 1.55. The summed E-state index contributed by atoms with van der Waals surface area (Å²) < 4.78 is 20.8. The molecule has 0 bridgehead atoms. The summed E-state index contributed by atoms with van der Waals surface area (Å²) in [5.41, 5.74) is 2.68. The standard InChI is InChI=1S/C27H24O7/c1-4-19-6-15-24(18(3)16-19)34-27(30)21-9-13-23(14-10-21)33-26(29)20-7-11-22(12-8-20)31-17-32-25(28)5-2/h5-16H,2,4,17H2,1,3H3. The molecule has 3 aromatic carbocycles. The van der Waals surface area contributed by atoms with Crippen molar-refractivity contribution in [3.05, 3.63) is 102 Å². The minimum Gasteiger partial charge on any atom is -0.457 e. The lowest BCUT2D eigenvalue weighted by Crippen LogP contribution is -2.11. The largest absolute Gasteiger partial charge is 0.457 e. The average molecular weight is 460 g/mol. The van der Waals surface area contributed by atoms with E-state index in [9.17, 15) is 14.4 Å². The highest BCUT2D eigenvalue weighted by atomic mass is 16.7. The molecular formula is C27H24O7. The summed E-state index contributed by atoms with van der Waals surface area (Å²) in [4.78, 5) is 35.8. The molecule has 0 heterocycles. The predicted octanol–water partition coefficient (Wildman–Crippen LogP) is 5.06. The van der Waals surface area contributed by atoms with Crippen LogP contribution >= 0.6 is 0 Å². The van der Waals surface area contributed by atoms with Crippen LogP contribution in [0.5, 0.6) is 17.2 Å². The molecule has 0 N–H and O–H groups in total. The first-order valence-corrected chi connectivity index (χ1v) is 10.6. The van der Waals surface area contributed by atoms with Gasteiger partial charge in [0.1, 0.15) is 17.2 Å². The van der Waals surface area contributed by atoms with Gasteiger partial charge in [-0.2, -0.15) is 0 Å². The molecule has 0 radical (unpaired) electrons. The third-order valence-corrected chi connectivity index (χ3v) is 4.83. The monoisotopic (exact) mass is 460 g/mol. The van der Waals surface area contributed by atoms with Crippen molar-refractivity contribution in [2.75, 3.05) is 6.79 Å². The summed E-state index contributed by atoms with van der Waals surface area (Å²) >= 11 is 0. The van der Waals surface area contributed by atoms with Gasteiger partial charge in [0, 0.05) is 6.08 Å². The number of hydrogen-bond acceptors (Lipinski definition) is 7. The molecule has 7 heteroatoms. The number of aryl methyl sites for hydroxylation is 2. The Labute approximate surface area is 197 Å². The minimum absolute atomic E-state index is 0.271. The van der Waals surface area contributed by atoms with E-state index in [2.05, 4.69) is 13.5 Å². The molecule has 34 heavy (non-hydrogen) atoms. The smallest absolute Gasteiger partial charge is 0.343 e. The fourth-order valence-electron chi connectivity index (χ4n) is 2.93. The van der Waals surface area contributed by atoms with Crippen LogP contribution in [0.1, 0.15) is 38.8 Å². The summed E-state index contributed by atoms with van der Waals surface area (Å²) in [7, 11) is 0. The highest BCUT2D eigenvalue weighted by Crippen LogP contribution is 2.22. The number of carbonyl (C=O) groups excluding carboxylic acids is 3. The topological polar surface area (TPSA) is 88.1 Å². The quantitative estimate of drug-likeness (QED) is 0.191. The van der Waals surface area contributed by atoms with Crippen molar-refractivity contribution in [2.24, 2.45) is 0 Å². The Morgan fingerprint density at radius 3 is 1.97 bits per heavy atom. The molecule has 174 valence electrons. The summed E-state index contributed by atoms with van der Waals surface area (Å²) in [5.74, 6) is -0.479. The van der Waals surface area contributed by atoms with E-state index < -0.39 is 17.9 Å². The van der Waals surface area contributed by atoms with Crippen LogP contribution in [0, 0.1) is 6.92 Å². The van der Waals surface area contributed by atoms with Crippen molar-refractivity contribution in [3.8, 4) is 17.2 Å². The second-order valence-electron chi connectivity index (χ2n) is 7.21. The van der Waals surface area contributed by atoms with Gasteiger partial charge in [0.05, 0.1) is 11.1 Å². The lowest BCUT2D eigenvalue weighted by Gasteiger charge is -2.10. The van der Waals surface area contributed by atoms with E-state index in [0.717, 1.165) is 18.1 Å². The fourth-order valence-corrected chi connectivity index (χ4v) is 2.93. The molecule has 0 aliphatic heterocycles. The molecular weight excluding hydrogens is 436 g/mol. The molecule has 0 saturated heterocycles. The Morgan fingerprint density at radius 2 is 1.41 bits per heavy atom. The van der Waals surface area contributed by atoms with Gasteiger partial charge in [0.25, 0.3) is 0 Å². The molecule has 0 saturated carbocycles. The Hall–Kier alpha value is -4.39. The van der Waals surface area contributed by atoms with Crippen LogP contribution in [0.25, 0.3) is 0 Å². The molecule has 0 spiro atoms. The number of carbonyl (C=O) groups is 3. The fraction of sp³-hybridized carbons (Fsp3) is 0.148. The molecule has 0 aliphatic rings. The summed E-state index contributed by atoms with van der Waals surface area (Å²) in [6.45, 7) is 6.96. The zero-order valence-corrected chi connectivity index (χ0v) is 18.9.